The molecule has 1 aliphatic carbocycles. The summed E-state index contributed by atoms with van der Waals surface area (Å²) >= 11 is 0. The standard InChI is InChI=1S/C12H20N2O3/c15-8-12(4-2-1-3-5-12)14-11(17)9-6-10(16)13-7-9/h9,15H,1-8H2,(H,13,16)(H,14,17). The summed E-state index contributed by atoms with van der Waals surface area (Å²) in [5.41, 5.74) is -0.443. The number of amides is 2. The van der Waals surface area contributed by atoms with Gasteiger partial charge in [0.25, 0.3) is 0 Å². The van der Waals surface area contributed by atoms with Crippen molar-refractivity contribution in [3.05, 3.63) is 0 Å². The number of hydrogen-bond donors (Lipinski definition) is 3. The maximum atomic E-state index is 12.0. The maximum Gasteiger partial charge on any atom is 0.225 e. The van der Waals surface area contributed by atoms with E-state index < -0.39 is 5.54 Å². The van der Waals surface area contributed by atoms with E-state index in [2.05, 4.69) is 10.6 Å². The van der Waals surface area contributed by atoms with Crippen LogP contribution < -0.4 is 10.6 Å². The molecule has 2 amide bonds. The molecule has 1 aliphatic heterocycles. The minimum absolute atomic E-state index is 0.00711. The molecule has 3 N–H and O–H groups in total. The Morgan fingerprint density at radius 1 is 1.41 bits per heavy atom. The molecule has 17 heavy (non-hydrogen) atoms. The van der Waals surface area contributed by atoms with Crippen LogP contribution in [0.15, 0.2) is 0 Å². The normalized spacial score (nSPS) is 27.6. The molecule has 5 nitrogen and oxygen atoms in total. The monoisotopic (exact) mass is 240 g/mol. The van der Waals surface area contributed by atoms with Gasteiger partial charge in [0.2, 0.25) is 11.8 Å². The highest BCUT2D eigenvalue weighted by atomic mass is 16.3. The Balaban J connectivity index is 1.93. The van der Waals surface area contributed by atoms with Crippen LogP contribution in [0.2, 0.25) is 0 Å². The van der Waals surface area contributed by atoms with Crippen molar-refractivity contribution in [3.63, 3.8) is 0 Å². The highest BCUT2D eigenvalue weighted by molar-refractivity contribution is 5.89. The fourth-order valence-corrected chi connectivity index (χ4v) is 2.71. The Bertz CT molecular complexity index is 311. The molecular formula is C12H20N2O3. The lowest BCUT2D eigenvalue weighted by atomic mass is 9.82. The summed E-state index contributed by atoms with van der Waals surface area (Å²) in [6, 6.07) is 0. The van der Waals surface area contributed by atoms with Gasteiger partial charge in [-0.3, -0.25) is 9.59 Å². The van der Waals surface area contributed by atoms with Gasteiger partial charge in [0, 0.05) is 13.0 Å². The molecule has 1 saturated heterocycles. The third-order valence-electron chi connectivity index (χ3n) is 3.85. The van der Waals surface area contributed by atoms with Gasteiger partial charge in [-0.1, -0.05) is 19.3 Å². The van der Waals surface area contributed by atoms with Crippen molar-refractivity contribution in [1.29, 1.82) is 0 Å². The number of rotatable bonds is 3. The van der Waals surface area contributed by atoms with Gasteiger partial charge >= 0.3 is 0 Å². The zero-order chi connectivity index (χ0) is 12.3. The Morgan fingerprint density at radius 2 is 2.12 bits per heavy atom. The second kappa shape index (κ2) is 5.04. The molecule has 0 spiro atoms. The van der Waals surface area contributed by atoms with Crippen molar-refractivity contribution >= 4 is 11.8 Å². The average Bonchev–Trinajstić information content (AvgIpc) is 2.77. The second-order valence-corrected chi connectivity index (χ2v) is 5.19. The van der Waals surface area contributed by atoms with E-state index in [1.54, 1.807) is 0 Å². The highest BCUT2D eigenvalue weighted by Crippen LogP contribution is 2.28. The average molecular weight is 240 g/mol. The van der Waals surface area contributed by atoms with Crippen molar-refractivity contribution < 1.29 is 14.7 Å². The van der Waals surface area contributed by atoms with Crippen LogP contribution >= 0.6 is 0 Å². The summed E-state index contributed by atoms with van der Waals surface area (Å²) in [5.74, 6) is -0.431. The van der Waals surface area contributed by atoms with E-state index in [9.17, 15) is 14.7 Å². The van der Waals surface area contributed by atoms with E-state index in [-0.39, 0.29) is 30.8 Å². The Morgan fingerprint density at radius 3 is 2.65 bits per heavy atom. The molecule has 1 atom stereocenters. The number of carbonyl (C=O) groups excluding carboxylic acids is 2. The van der Waals surface area contributed by atoms with Crippen LogP contribution in [0.4, 0.5) is 0 Å². The van der Waals surface area contributed by atoms with E-state index >= 15 is 0 Å². The molecule has 0 aromatic carbocycles. The predicted octanol–water partition coefficient (Wildman–Crippen LogP) is -0.0661. The summed E-state index contributed by atoms with van der Waals surface area (Å²) < 4.78 is 0. The highest BCUT2D eigenvalue weighted by Gasteiger charge is 2.36. The van der Waals surface area contributed by atoms with Crippen molar-refractivity contribution in [2.24, 2.45) is 5.92 Å². The minimum Gasteiger partial charge on any atom is -0.394 e. The third-order valence-corrected chi connectivity index (χ3v) is 3.85. The summed E-state index contributed by atoms with van der Waals surface area (Å²) in [5, 5.41) is 15.1. The Labute approximate surface area is 101 Å². The molecule has 2 rings (SSSR count). The number of nitrogens with one attached hydrogen (secondary N) is 2. The molecule has 0 aromatic heterocycles. The molecule has 2 aliphatic rings. The van der Waals surface area contributed by atoms with Crippen LogP contribution in [0, 0.1) is 5.92 Å². The van der Waals surface area contributed by atoms with Crippen LogP contribution in [0.3, 0.4) is 0 Å². The summed E-state index contributed by atoms with van der Waals surface area (Å²) in [6.07, 6.45) is 5.20. The first kappa shape index (κ1) is 12.4. The van der Waals surface area contributed by atoms with Crippen LogP contribution in [-0.2, 0) is 9.59 Å². The zero-order valence-electron chi connectivity index (χ0n) is 10.00. The molecule has 0 radical (unpaired) electrons. The Kier molecular flexibility index (Phi) is 3.66. The van der Waals surface area contributed by atoms with Gasteiger partial charge in [-0.15, -0.1) is 0 Å². The van der Waals surface area contributed by atoms with Gasteiger partial charge < -0.3 is 15.7 Å². The predicted molar refractivity (Wildman–Crippen MR) is 62.2 cm³/mol. The van der Waals surface area contributed by atoms with Gasteiger partial charge in [-0.05, 0) is 12.8 Å². The number of aliphatic hydroxyl groups is 1. The van der Waals surface area contributed by atoms with Gasteiger partial charge in [0.05, 0.1) is 18.1 Å². The lowest BCUT2D eigenvalue weighted by Gasteiger charge is -2.37. The van der Waals surface area contributed by atoms with Crippen molar-refractivity contribution in [1.82, 2.24) is 10.6 Å². The van der Waals surface area contributed by atoms with E-state index in [4.69, 9.17) is 0 Å². The van der Waals surface area contributed by atoms with Gasteiger partial charge in [0.1, 0.15) is 0 Å². The Hall–Kier alpha value is -1.10. The van der Waals surface area contributed by atoms with E-state index in [0.29, 0.717) is 6.54 Å². The lowest BCUT2D eigenvalue weighted by Crippen LogP contribution is -2.54. The summed E-state index contributed by atoms with van der Waals surface area (Å²) in [7, 11) is 0. The van der Waals surface area contributed by atoms with Crippen molar-refractivity contribution in [3.8, 4) is 0 Å². The first-order chi connectivity index (χ1) is 8.15. The van der Waals surface area contributed by atoms with Gasteiger partial charge in [0.15, 0.2) is 0 Å². The smallest absolute Gasteiger partial charge is 0.225 e. The summed E-state index contributed by atoms with van der Waals surface area (Å²) in [6.45, 7) is 0.416. The first-order valence-electron chi connectivity index (χ1n) is 6.35. The summed E-state index contributed by atoms with van der Waals surface area (Å²) in [4.78, 5) is 23.1. The molecule has 0 aromatic rings. The minimum atomic E-state index is -0.443. The second-order valence-electron chi connectivity index (χ2n) is 5.19. The molecule has 1 saturated carbocycles. The van der Waals surface area contributed by atoms with Gasteiger partial charge in [-0.2, -0.15) is 0 Å². The fourth-order valence-electron chi connectivity index (χ4n) is 2.71. The van der Waals surface area contributed by atoms with Crippen LogP contribution in [0.5, 0.6) is 0 Å². The molecule has 96 valence electrons. The molecule has 1 unspecified atom stereocenters. The molecule has 0 bridgehead atoms. The van der Waals surface area contributed by atoms with E-state index in [1.165, 1.54) is 6.42 Å². The van der Waals surface area contributed by atoms with E-state index in [1.807, 2.05) is 0 Å². The molecule has 5 heteroatoms. The number of hydrogen-bond acceptors (Lipinski definition) is 3. The molecular weight excluding hydrogens is 220 g/mol. The van der Waals surface area contributed by atoms with Crippen molar-refractivity contribution in [2.75, 3.05) is 13.2 Å². The topological polar surface area (TPSA) is 78.4 Å². The maximum absolute atomic E-state index is 12.0. The SMILES string of the molecule is O=C1CC(C(=O)NC2(CO)CCCCC2)CN1. The molecule has 1 heterocycles. The largest absolute Gasteiger partial charge is 0.394 e. The third kappa shape index (κ3) is 2.77. The van der Waals surface area contributed by atoms with Gasteiger partial charge in [-0.25, -0.2) is 0 Å². The first-order valence-corrected chi connectivity index (χ1v) is 6.35. The van der Waals surface area contributed by atoms with Crippen molar-refractivity contribution in [2.45, 2.75) is 44.1 Å². The number of aliphatic hydroxyl groups excluding tert-OH is 1. The van der Waals surface area contributed by atoms with Crippen LogP contribution in [-0.4, -0.2) is 35.6 Å². The number of carbonyl (C=O) groups is 2. The lowest BCUT2D eigenvalue weighted by molar-refractivity contribution is -0.129. The zero-order valence-corrected chi connectivity index (χ0v) is 10.00. The van der Waals surface area contributed by atoms with Crippen LogP contribution in [0.25, 0.3) is 0 Å². The fraction of sp³-hybridized carbons (Fsp3) is 0.833. The quantitative estimate of drug-likeness (QED) is 0.646. The van der Waals surface area contributed by atoms with E-state index in [0.717, 1.165) is 25.7 Å². The van der Waals surface area contributed by atoms with Crippen LogP contribution in [0.1, 0.15) is 38.5 Å². The molecule has 2 fully saturated rings.